The number of aryl methyl sites for hydroxylation is 2. The van der Waals surface area contributed by atoms with Gasteiger partial charge < -0.3 is 0 Å². The Bertz CT molecular complexity index is 705. The molecule has 2 rings (SSSR count). The molecule has 0 aliphatic rings. The summed E-state index contributed by atoms with van der Waals surface area (Å²) in [5, 5.41) is 6.66. The monoisotopic (exact) mass is 357 g/mol. The first-order chi connectivity index (χ1) is 9.32. The summed E-state index contributed by atoms with van der Waals surface area (Å²) in [6, 6.07) is 7.59. The summed E-state index contributed by atoms with van der Waals surface area (Å²) in [5.41, 5.74) is 1.97. The van der Waals surface area contributed by atoms with Gasteiger partial charge >= 0.3 is 0 Å². The van der Waals surface area contributed by atoms with Crippen molar-refractivity contribution in [1.29, 1.82) is 0 Å². The molecule has 5 nitrogen and oxygen atoms in total. The molecule has 0 unspecified atom stereocenters. The lowest BCUT2D eigenvalue weighted by molar-refractivity contribution is 0.466. The van der Waals surface area contributed by atoms with Crippen LogP contribution >= 0.6 is 15.9 Å². The molecule has 0 radical (unpaired) electrons. The minimum absolute atomic E-state index is 0.259. The highest BCUT2D eigenvalue weighted by Crippen LogP contribution is 2.22. The van der Waals surface area contributed by atoms with Gasteiger partial charge in [-0.2, -0.15) is 9.40 Å². The van der Waals surface area contributed by atoms with Crippen LogP contribution in [0.1, 0.15) is 17.0 Å². The van der Waals surface area contributed by atoms with Crippen LogP contribution in [-0.4, -0.2) is 30.0 Å². The maximum absolute atomic E-state index is 12.6. The molecule has 0 aliphatic heterocycles. The molecule has 1 heterocycles. The highest BCUT2D eigenvalue weighted by atomic mass is 79.9. The van der Waals surface area contributed by atoms with E-state index in [1.54, 1.807) is 20.9 Å². The number of sulfonamides is 1. The van der Waals surface area contributed by atoms with E-state index in [4.69, 9.17) is 0 Å². The van der Waals surface area contributed by atoms with Gasteiger partial charge in [-0.05, 0) is 31.5 Å². The summed E-state index contributed by atoms with van der Waals surface area (Å²) in [6.45, 7) is 3.70. The Morgan fingerprint density at radius 3 is 2.60 bits per heavy atom. The van der Waals surface area contributed by atoms with Crippen molar-refractivity contribution in [3.8, 4) is 0 Å². The number of nitrogens with zero attached hydrogens (tertiary/aromatic N) is 2. The fourth-order valence-electron chi connectivity index (χ4n) is 2.05. The number of H-pyrrole nitrogens is 1. The maximum atomic E-state index is 12.6. The SMILES string of the molecule is Cc1n[nH]c(C)c1S(=O)(=O)N(C)Cc1cccc(Br)c1. The van der Waals surface area contributed by atoms with Gasteiger partial charge in [-0.1, -0.05) is 28.1 Å². The summed E-state index contributed by atoms with van der Waals surface area (Å²) in [7, 11) is -1.97. The van der Waals surface area contributed by atoms with Crippen LogP contribution in [0.25, 0.3) is 0 Å². The largest absolute Gasteiger partial charge is 0.281 e. The van der Waals surface area contributed by atoms with E-state index in [1.165, 1.54) is 4.31 Å². The number of aromatic amines is 1. The molecule has 1 N–H and O–H groups in total. The zero-order valence-corrected chi connectivity index (χ0v) is 13.9. The van der Waals surface area contributed by atoms with E-state index in [-0.39, 0.29) is 4.90 Å². The Balaban J connectivity index is 2.31. The molecule has 0 aliphatic carbocycles. The van der Waals surface area contributed by atoms with Crippen LogP contribution in [0.4, 0.5) is 0 Å². The Morgan fingerprint density at radius 1 is 1.35 bits per heavy atom. The average molecular weight is 358 g/mol. The van der Waals surface area contributed by atoms with Gasteiger partial charge in [0.05, 0.1) is 11.4 Å². The molecule has 20 heavy (non-hydrogen) atoms. The summed E-state index contributed by atoms with van der Waals surface area (Å²) >= 11 is 3.38. The molecule has 0 spiro atoms. The standard InChI is InChI=1S/C13H16BrN3O2S/c1-9-13(10(2)16-15-9)20(18,19)17(3)8-11-5-4-6-12(14)7-11/h4-7H,8H2,1-3H3,(H,15,16). The molecule has 1 aromatic heterocycles. The third-order valence-corrected chi connectivity index (χ3v) is 5.58. The lowest BCUT2D eigenvalue weighted by Gasteiger charge is -2.17. The maximum Gasteiger partial charge on any atom is 0.246 e. The number of aromatic nitrogens is 2. The Labute approximate surface area is 127 Å². The summed E-state index contributed by atoms with van der Waals surface area (Å²) in [4.78, 5) is 0.259. The second-order valence-corrected chi connectivity index (χ2v) is 7.55. The molecule has 0 saturated carbocycles. The van der Waals surface area contributed by atoms with Gasteiger partial charge in [-0.3, -0.25) is 5.10 Å². The minimum Gasteiger partial charge on any atom is -0.281 e. The van der Waals surface area contributed by atoms with E-state index in [9.17, 15) is 8.42 Å². The lowest BCUT2D eigenvalue weighted by atomic mass is 10.2. The number of rotatable bonds is 4. The van der Waals surface area contributed by atoms with E-state index >= 15 is 0 Å². The van der Waals surface area contributed by atoms with Crippen LogP contribution in [-0.2, 0) is 16.6 Å². The second-order valence-electron chi connectivity index (χ2n) is 4.65. The predicted octanol–water partition coefficient (Wildman–Crippen LogP) is 2.61. The zero-order chi connectivity index (χ0) is 14.9. The second kappa shape index (κ2) is 5.67. The smallest absolute Gasteiger partial charge is 0.246 e. The highest BCUT2D eigenvalue weighted by Gasteiger charge is 2.26. The summed E-state index contributed by atoms with van der Waals surface area (Å²) < 4.78 is 27.4. The first-order valence-corrected chi connectivity index (χ1v) is 8.28. The third-order valence-electron chi connectivity index (χ3n) is 3.02. The van der Waals surface area contributed by atoms with Gasteiger partial charge in [-0.25, -0.2) is 8.42 Å². The zero-order valence-electron chi connectivity index (χ0n) is 11.5. The molecule has 0 bridgehead atoms. The van der Waals surface area contributed by atoms with Crippen LogP contribution in [0.2, 0.25) is 0 Å². The normalized spacial score (nSPS) is 12.1. The van der Waals surface area contributed by atoms with Crippen molar-refractivity contribution in [3.05, 3.63) is 45.7 Å². The minimum atomic E-state index is -3.54. The molecule has 1 aromatic carbocycles. The van der Waals surface area contributed by atoms with Gasteiger partial charge in [0.2, 0.25) is 10.0 Å². The quantitative estimate of drug-likeness (QED) is 0.914. The first kappa shape index (κ1) is 15.2. The first-order valence-electron chi connectivity index (χ1n) is 6.04. The van der Waals surface area contributed by atoms with Crippen molar-refractivity contribution in [1.82, 2.24) is 14.5 Å². The van der Waals surface area contributed by atoms with Crippen molar-refractivity contribution in [2.45, 2.75) is 25.3 Å². The molecular weight excluding hydrogens is 342 g/mol. The van der Waals surface area contributed by atoms with Crippen molar-refractivity contribution in [3.63, 3.8) is 0 Å². The molecule has 0 fully saturated rings. The highest BCUT2D eigenvalue weighted by molar-refractivity contribution is 9.10. The van der Waals surface area contributed by atoms with Crippen molar-refractivity contribution in [2.24, 2.45) is 0 Å². The van der Waals surface area contributed by atoms with Gasteiger partial charge in [0, 0.05) is 18.1 Å². The van der Waals surface area contributed by atoms with E-state index in [2.05, 4.69) is 26.1 Å². The Morgan fingerprint density at radius 2 is 2.05 bits per heavy atom. The van der Waals surface area contributed by atoms with Crippen LogP contribution in [0, 0.1) is 13.8 Å². The molecule has 0 atom stereocenters. The van der Waals surface area contributed by atoms with E-state index in [0.29, 0.717) is 17.9 Å². The molecule has 0 amide bonds. The fourth-order valence-corrected chi connectivity index (χ4v) is 3.98. The van der Waals surface area contributed by atoms with E-state index in [1.807, 2.05) is 24.3 Å². The van der Waals surface area contributed by atoms with E-state index < -0.39 is 10.0 Å². The van der Waals surface area contributed by atoms with Crippen LogP contribution < -0.4 is 0 Å². The number of halogens is 1. The van der Waals surface area contributed by atoms with Crippen LogP contribution in [0.15, 0.2) is 33.6 Å². The van der Waals surface area contributed by atoms with Gasteiger partial charge in [-0.15, -0.1) is 0 Å². The number of benzene rings is 1. The molecule has 0 saturated heterocycles. The summed E-state index contributed by atoms with van der Waals surface area (Å²) in [6.07, 6.45) is 0. The van der Waals surface area contributed by atoms with Crippen molar-refractivity contribution >= 4 is 26.0 Å². The Hall–Kier alpha value is -1.18. The fraction of sp³-hybridized carbons (Fsp3) is 0.308. The third kappa shape index (κ3) is 2.94. The van der Waals surface area contributed by atoms with Gasteiger partial charge in [0.25, 0.3) is 0 Å². The van der Waals surface area contributed by atoms with Crippen LogP contribution in [0.3, 0.4) is 0 Å². The molecule has 2 aromatic rings. The van der Waals surface area contributed by atoms with Gasteiger partial charge in [0.15, 0.2) is 0 Å². The van der Waals surface area contributed by atoms with E-state index in [0.717, 1.165) is 10.0 Å². The molecule has 108 valence electrons. The summed E-state index contributed by atoms with van der Waals surface area (Å²) in [5.74, 6) is 0. The lowest BCUT2D eigenvalue weighted by Crippen LogP contribution is -2.27. The average Bonchev–Trinajstić information content (AvgIpc) is 2.69. The van der Waals surface area contributed by atoms with Crippen LogP contribution in [0.5, 0.6) is 0 Å². The van der Waals surface area contributed by atoms with Crippen molar-refractivity contribution < 1.29 is 8.42 Å². The molecule has 7 heteroatoms. The predicted molar refractivity (Wildman–Crippen MR) is 80.9 cm³/mol. The Kier molecular flexibility index (Phi) is 4.31. The number of hydrogen-bond donors (Lipinski definition) is 1. The van der Waals surface area contributed by atoms with Gasteiger partial charge in [0.1, 0.15) is 4.90 Å². The molecular formula is C13H16BrN3O2S. The van der Waals surface area contributed by atoms with Crippen molar-refractivity contribution in [2.75, 3.05) is 7.05 Å². The number of nitrogens with one attached hydrogen (secondary N) is 1. The topological polar surface area (TPSA) is 66.1 Å². The number of hydrogen-bond acceptors (Lipinski definition) is 3.